The molecule has 7 nitrogen and oxygen atoms in total. The summed E-state index contributed by atoms with van der Waals surface area (Å²) < 4.78 is 31.4. The Balaban J connectivity index is 0.00000364. The molecule has 0 radical (unpaired) electrons. The first-order chi connectivity index (χ1) is 12.4. The number of nitrogens with one attached hydrogen (secondary N) is 1. The van der Waals surface area contributed by atoms with Crippen molar-refractivity contribution in [2.45, 2.75) is 13.5 Å². The summed E-state index contributed by atoms with van der Waals surface area (Å²) in [6.45, 7) is 5.19. The lowest BCUT2D eigenvalue weighted by molar-refractivity contribution is 0.0731. The van der Waals surface area contributed by atoms with Crippen LogP contribution in [-0.4, -0.2) is 75.8 Å². The third-order valence-electron chi connectivity index (χ3n) is 4.04. The maximum atomic E-state index is 12.4. The molecule has 1 heterocycles. The van der Waals surface area contributed by atoms with Gasteiger partial charge in [0.2, 0.25) is 10.0 Å². The van der Waals surface area contributed by atoms with Crippen molar-refractivity contribution in [3.8, 4) is 0 Å². The van der Waals surface area contributed by atoms with Gasteiger partial charge in [-0.15, -0.1) is 24.0 Å². The van der Waals surface area contributed by atoms with Crippen LogP contribution in [0.15, 0.2) is 29.3 Å². The lowest BCUT2D eigenvalue weighted by atomic mass is 10.2. The number of hydrogen-bond acceptors (Lipinski definition) is 4. The molecule has 1 fully saturated rings. The lowest BCUT2D eigenvalue weighted by Gasteiger charge is -2.26. The van der Waals surface area contributed by atoms with Gasteiger partial charge in [0.1, 0.15) is 0 Å². The van der Waals surface area contributed by atoms with E-state index in [1.807, 2.05) is 43.1 Å². The van der Waals surface area contributed by atoms with Gasteiger partial charge >= 0.3 is 0 Å². The molecule has 0 unspecified atom stereocenters. The van der Waals surface area contributed by atoms with Gasteiger partial charge in [0.05, 0.1) is 25.5 Å². The number of nitrogens with zero attached hydrogens (tertiary/aromatic N) is 3. The molecular formula is C17H28ClIN4O3S. The molecule has 0 aliphatic carbocycles. The topological polar surface area (TPSA) is 74.2 Å². The highest BCUT2D eigenvalue weighted by molar-refractivity contribution is 14.0. The number of aliphatic imine (C=N–C) groups is 1. The summed E-state index contributed by atoms with van der Waals surface area (Å²) in [5.41, 5.74) is 0.989. The van der Waals surface area contributed by atoms with Crippen LogP contribution in [0.2, 0.25) is 5.02 Å². The number of guanidine groups is 1. The average Bonchev–Trinajstić information content (AvgIpc) is 2.63. The van der Waals surface area contributed by atoms with E-state index in [0.29, 0.717) is 50.4 Å². The van der Waals surface area contributed by atoms with Crippen LogP contribution in [0.4, 0.5) is 0 Å². The molecule has 1 aromatic rings. The van der Waals surface area contributed by atoms with E-state index in [1.165, 1.54) is 4.31 Å². The minimum atomic E-state index is -3.31. The van der Waals surface area contributed by atoms with Gasteiger partial charge < -0.3 is 15.0 Å². The molecule has 1 aliphatic rings. The van der Waals surface area contributed by atoms with Crippen LogP contribution in [0.5, 0.6) is 0 Å². The van der Waals surface area contributed by atoms with E-state index in [1.54, 1.807) is 0 Å². The fraction of sp³-hybridized carbons (Fsp3) is 0.588. The second-order valence-electron chi connectivity index (χ2n) is 6.01. The zero-order valence-electron chi connectivity index (χ0n) is 15.7. The molecule has 2 rings (SSSR count). The van der Waals surface area contributed by atoms with Gasteiger partial charge in [-0.25, -0.2) is 8.42 Å². The van der Waals surface area contributed by atoms with Crippen LogP contribution in [0.3, 0.4) is 0 Å². The summed E-state index contributed by atoms with van der Waals surface area (Å²) in [5, 5.41) is 3.89. The Bertz CT molecular complexity index is 712. The first-order valence-corrected chi connectivity index (χ1v) is 10.7. The molecule has 1 saturated heterocycles. The molecule has 1 aliphatic heterocycles. The second-order valence-corrected chi connectivity index (χ2v) is 8.51. The second kappa shape index (κ2) is 12.1. The third-order valence-corrected chi connectivity index (χ3v) is 6.26. The van der Waals surface area contributed by atoms with E-state index in [-0.39, 0.29) is 36.3 Å². The van der Waals surface area contributed by atoms with Crippen LogP contribution in [0.25, 0.3) is 0 Å². The fourth-order valence-electron chi connectivity index (χ4n) is 2.65. The molecule has 0 bridgehead atoms. The smallest absolute Gasteiger partial charge is 0.216 e. The third kappa shape index (κ3) is 7.72. The molecule has 154 valence electrons. The number of rotatable bonds is 7. The quantitative estimate of drug-likeness (QED) is 0.332. The summed E-state index contributed by atoms with van der Waals surface area (Å²) in [5.74, 6) is 0.645. The lowest BCUT2D eigenvalue weighted by Crippen LogP contribution is -2.42. The normalized spacial score (nSPS) is 15.9. The van der Waals surface area contributed by atoms with Crippen molar-refractivity contribution < 1.29 is 13.2 Å². The summed E-state index contributed by atoms with van der Waals surface area (Å²) in [4.78, 5) is 6.41. The van der Waals surface area contributed by atoms with Gasteiger partial charge in [0.25, 0.3) is 0 Å². The Morgan fingerprint density at radius 2 is 2.00 bits per heavy atom. The molecule has 0 saturated carbocycles. The Morgan fingerprint density at radius 3 is 2.63 bits per heavy atom. The number of hydrogen-bond donors (Lipinski definition) is 1. The zero-order chi connectivity index (χ0) is 19.0. The first kappa shape index (κ1) is 24.4. The van der Waals surface area contributed by atoms with Gasteiger partial charge in [0, 0.05) is 38.2 Å². The van der Waals surface area contributed by atoms with Gasteiger partial charge in [-0.1, -0.05) is 29.8 Å². The molecule has 0 amide bonds. The number of benzene rings is 1. The van der Waals surface area contributed by atoms with E-state index in [0.717, 1.165) is 5.56 Å². The number of ether oxygens (including phenoxy) is 1. The molecule has 0 atom stereocenters. The molecule has 1 aromatic carbocycles. The molecular weight excluding hydrogens is 503 g/mol. The van der Waals surface area contributed by atoms with Crippen molar-refractivity contribution in [1.82, 2.24) is 14.5 Å². The highest BCUT2D eigenvalue weighted by Crippen LogP contribution is 2.16. The summed E-state index contributed by atoms with van der Waals surface area (Å²) in [6.07, 6.45) is 0. The van der Waals surface area contributed by atoms with Crippen molar-refractivity contribution in [1.29, 1.82) is 0 Å². The van der Waals surface area contributed by atoms with E-state index < -0.39 is 10.0 Å². The standard InChI is InChI=1S/C17H27ClN4O3S.HI/c1-3-19-17(21(2)14-15-6-4-5-7-16(15)18)20-8-13-26(23,24)22-9-11-25-12-10-22;/h4-7H,3,8-14H2,1-2H3,(H,19,20);1H. The Hall–Kier alpha value is -0.620. The molecule has 1 N–H and O–H groups in total. The van der Waals surface area contributed by atoms with Gasteiger partial charge in [-0.05, 0) is 18.6 Å². The maximum absolute atomic E-state index is 12.4. The van der Waals surface area contributed by atoms with Crippen molar-refractivity contribution in [3.63, 3.8) is 0 Å². The minimum absolute atomic E-state index is 0. The Morgan fingerprint density at radius 1 is 1.33 bits per heavy atom. The van der Waals surface area contributed by atoms with Crippen LogP contribution in [-0.2, 0) is 21.3 Å². The molecule has 0 spiro atoms. The Kier molecular flexibility index (Phi) is 10.9. The fourth-order valence-corrected chi connectivity index (χ4v) is 4.13. The molecule has 10 heteroatoms. The van der Waals surface area contributed by atoms with Crippen LogP contribution < -0.4 is 5.32 Å². The van der Waals surface area contributed by atoms with Crippen molar-refractivity contribution in [3.05, 3.63) is 34.9 Å². The van der Waals surface area contributed by atoms with Crippen LogP contribution >= 0.6 is 35.6 Å². The highest BCUT2D eigenvalue weighted by Gasteiger charge is 2.23. The maximum Gasteiger partial charge on any atom is 0.216 e. The summed E-state index contributed by atoms with van der Waals surface area (Å²) in [7, 11) is -1.40. The van der Waals surface area contributed by atoms with Crippen molar-refractivity contribution in [2.24, 2.45) is 4.99 Å². The van der Waals surface area contributed by atoms with Crippen molar-refractivity contribution in [2.75, 3.05) is 52.2 Å². The van der Waals surface area contributed by atoms with Gasteiger partial charge in [0.15, 0.2) is 5.96 Å². The Labute approximate surface area is 184 Å². The first-order valence-electron chi connectivity index (χ1n) is 8.72. The zero-order valence-corrected chi connectivity index (χ0v) is 19.6. The molecule has 0 aromatic heterocycles. The predicted molar refractivity (Wildman–Crippen MR) is 120 cm³/mol. The van der Waals surface area contributed by atoms with E-state index in [2.05, 4.69) is 10.3 Å². The highest BCUT2D eigenvalue weighted by atomic mass is 127. The summed E-state index contributed by atoms with van der Waals surface area (Å²) >= 11 is 6.22. The van der Waals surface area contributed by atoms with E-state index in [9.17, 15) is 8.42 Å². The largest absolute Gasteiger partial charge is 0.379 e. The monoisotopic (exact) mass is 530 g/mol. The van der Waals surface area contributed by atoms with Gasteiger partial charge in [-0.3, -0.25) is 4.99 Å². The van der Waals surface area contributed by atoms with Gasteiger partial charge in [-0.2, -0.15) is 4.31 Å². The van der Waals surface area contributed by atoms with Crippen LogP contribution in [0, 0.1) is 0 Å². The average molecular weight is 531 g/mol. The van der Waals surface area contributed by atoms with Crippen LogP contribution in [0.1, 0.15) is 12.5 Å². The van der Waals surface area contributed by atoms with E-state index >= 15 is 0 Å². The minimum Gasteiger partial charge on any atom is -0.379 e. The molecule has 27 heavy (non-hydrogen) atoms. The van der Waals surface area contributed by atoms with E-state index in [4.69, 9.17) is 16.3 Å². The number of halogens is 2. The SMILES string of the molecule is CCNC(=NCCS(=O)(=O)N1CCOCC1)N(C)Cc1ccccc1Cl.I. The number of morpholine rings is 1. The number of sulfonamides is 1. The van der Waals surface area contributed by atoms with Crippen molar-refractivity contribution >= 4 is 51.6 Å². The summed E-state index contributed by atoms with van der Waals surface area (Å²) in [6, 6.07) is 7.64. The predicted octanol–water partition coefficient (Wildman–Crippen LogP) is 2.02.